The maximum absolute atomic E-state index is 3.75. The third kappa shape index (κ3) is 13.0. The van der Waals surface area contributed by atoms with Crippen LogP contribution in [0.3, 0.4) is 0 Å². The first kappa shape index (κ1) is 33.0. The Morgan fingerprint density at radius 1 is 0.583 bits per heavy atom. The number of benzene rings is 2. The van der Waals surface area contributed by atoms with Gasteiger partial charge in [-0.25, -0.2) is 0 Å². The van der Waals surface area contributed by atoms with Crippen LogP contribution in [0.2, 0.25) is 0 Å². The minimum absolute atomic E-state index is 0. The van der Waals surface area contributed by atoms with Crippen molar-refractivity contribution in [2.24, 2.45) is 11.8 Å². The number of unbranched alkanes of at least 4 members (excludes halogenated alkanes) is 4. The van der Waals surface area contributed by atoms with E-state index < -0.39 is 0 Å². The van der Waals surface area contributed by atoms with Gasteiger partial charge in [-0.2, -0.15) is 0 Å². The van der Waals surface area contributed by atoms with Crippen molar-refractivity contribution < 1.29 is 0 Å². The van der Waals surface area contributed by atoms with Crippen molar-refractivity contribution in [2.45, 2.75) is 104 Å². The van der Waals surface area contributed by atoms with Gasteiger partial charge in [0.05, 0.1) is 0 Å². The van der Waals surface area contributed by atoms with Crippen LogP contribution < -0.4 is 10.6 Å². The summed E-state index contributed by atoms with van der Waals surface area (Å²) in [5.41, 5.74) is 5.82. The van der Waals surface area contributed by atoms with Gasteiger partial charge in [-0.3, -0.25) is 0 Å². The van der Waals surface area contributed by atoms with Crippen LogP contribution in [-0.2, 0) is 25.9 Å². The van der Waals surface area contributed by atoms with E-state index in [0.29, 0.717) is 0 Å². The van der Waals surface area contributed by atoms with Crippen molar-refractivity contribution in [3.8, 4) is 0 Å². The van der Waals surface area contributed by atoms with E-state index in [9.17, 15) is 0 Å². The molecule has 0 aromatic heterocycles. The van der Waals surface area contributed by atoms with Crippen LogP contribution in [0.4, 0.5) is 0 Å². The Morgan fingerprint density at radius 3 is 1.36 bits per heavy atom. The topological polar surface area (TPSA) is 24.1 Å². The molecule has 0 radical (unpaired) electrons. The van der Waals surface area contributed by atoms with Gasteiger partial charge in [-0.15, -0.1) is 24.8 Å². The third-order valence-corrected chi connectivity index (χ3v) is 7.60. The molecule has 3 rings (SSSR count). The van der Waals surface area contributed by atoms with Crippen molar-refractivity contribution in [2.75, 3.05) is 13.1 Å². The zero-order valence-corrected chi connectivity index (χ0v) is 24.5. The van der Waals surface area contributed by atoms with Gasteiger partial charge in [-0.1, -0.05) is 94.5 Å². The molecule has 0 saturated heterocycles. The molecule has 2 aromatic carbocycles. The Morgan fingerprint density at radius 2 is 0.972 bits per heavy atom. The molecule has 4 heteroatoms. The standard InChI is InChI=1S/C32H50N2.2ClH/c1-3-5-7-10-27-14-18-29(19-15-27)23-33-25-31-12-9-13-32(22-31)26-34-24-30-20-16-28(17-21-30)11-8-6-4-2;;/h14-21,31-34H,3-13,22-26H2,1-2H3;2*1H. The van der Waals surface area contributed by atoms with Gasteiger partial charge in [0.25, 0.3) is 0 Å². The fourth-order valence-corrected chi connectivity index (χ4v) is 5.42. The summed E-state index contributed by atoms with van der Waals surface area (Å²) < 4.78 is 0. The predicted molar refractivity (Wildman–Crippen MR) is 163 cm³/mol. The summed E-state index contributed by atoms with van der Waals surface area (Å²) in [6.07, 6.45) is 15.9. The summed E-state index contributed by atoms with van der Waals surface area (Å²) >= 11 is 0. The van der Waals surface area contributed by atoms with Crippen LogP contribution in [0.15, 0.2) is 48.5 Å². The van der Waals surface area contributed by atoms with Gasteiger partial charge in [0.2, 0.25) is 0 Å². The Hall–Kier alpha value is -1.06. The van der Waals surface area contributed by atoms with Crippen molar-refractivity contribution in [3.05, 3.63) is 70.8 Å². The number of hydrogen-bond acceptors (Lipinski definition) is 2. The molecule has 1 fully saturated rings. The quantitative estimate of drug-likeness (QED) is 0.210. The van der Waals surface area contributed by atoms with Gasteiger partial charge in [-0.05, 0) is 92.1 Å². The van der Waals surface area contributed by atoms with Crippen LogP contribution in [0.5, 0.6) is 0 Å². The Labute approximate surface area is 234 Å². The normalized spacial score (nSPS) is 17.3. The first-order chi connectivity index (χ1) is 16.8. The van der Waals surface area contributed by atoms with E-state index in [1.807, 2.05) is 0 Å². The van der Waals surface area contributed by atoms with Crippen molar-refractivity contribution in [1.82, 2.24) is 10.6 Å². The molecular weight excluding hydrogens is 483 g/mol. The number of aryl methyl sites for hydroxylation is 2. The molecule has 2 nitrogen and oxygen atoms in total. The molecule has 0 spiro atoms. The monoisotopic (exact) mass is 534 g/mol. The second kappa shape index (κ2) is 20.0. The van der Waals surface area contributed by atoms with Crippen molar-refractivity contribution >= 4 is 24.8 Å². The molecule has 0 bridgehead atoms. The minimum atomic E-state index is 0. The highest BCUT2D eigenvalue weighted by molar-refractivity contribution is 5.85. The summed E-state index contributed by atoms with van der Waals surface area (Å²) in [5.74, 6) is 1.66. The van der Waals surface area contributed by atoms with Crippen LogP contribution >= 0.6 is 24.8 Å². The molecule has 0 aliphatic heterocycles. The molecule has 0 heterocycles. The number of halogens is 2. The molecule has 204 valence electrons. The summed E-state index contributed by atoms with van der Waals surface area (Å²) in [6.45, 7) is 8.87. The van der Waals surface area contributed by atoms with E-state index >= 15 is 0 Å². The first-order valence-electron chi connectivity index (χ1n) is 14.3. The zero-order valence-electron chi connectivity index (χ0n) is 22.9. The lowest BCUT2D eigenvalue weighted by Gasteiger charge is -2.29. The van der Waals surface area contributed by atoms with E-state index in [4.69, 9.17) is 0 Å². The lowest BCUT2D eigenvalue weighted by atomic mass is 9.81. The van der Waals surface area contributed by atoms with Crippen molar-refractivity contribution in [3.63, 3.8) is 0 Å². The lowest BCUT2D eigenvalue weighted by molar-refractivity contribution is 0.252. The maximum Gasteiger partial charge on any atom is 0.0205 e. The van der Waals surface area contributed by atoms with Crippen LogP contribution in [0, 0.1) is 11.8 Å². The van der Waals surface area contributed by atoms with E-state index in [0.717, 1.165) is 38.0 Å². The van der Waals surface area contributed by atoms with E-state index in [-0.39, 0.29) is 24.8 Å². The molecule has 2 N–H and O–H groups in total. The lowest BCUT2D eigenvalue weighted by Crippen LogP contribution is -2.31. The smallest absolute Gasteiger partial charge is 0.0205 e. The minimum Gasteiger partial charge on any atom is -0.312 e. The number of nitrogens with one attached hydrogen (secondary N) is 2. The second-order valence-electron chi connectivity index (χ2n) is 10.7. The summed E-state index contributed by atoms with van der Waals surface area (Å²) in [5, 5.41) is 7.50. The summed E-state index contributed by atoms with van der Waals surface area (Å²) in [4.78, 5) is 0. The summed E-state index contributed by atoms with van der Waals surface area (Å²) in [7, 11) is 0. The van der Waals surface area contributed by atoms with Gasteiger partial charge < -0.3 is 10.6 Å². The molecule has 1 aliphatic carbocycles. The van der Waals surface area contributed by atoms with Gasteiger partial charge in [0.15, 0.2) is 0 Å². The summed E-state index contributed by atoms with van der Waals surface area (Å²) in [6, 6.07) is 18.6. The highest BCUT2D eigenvalue weighted by Gasteiger charge is 2.21. The first-order valence-corrected chi connectivity index (χ1v) is 14.3. The Kier molecular flexibility index (Phi) is 18.3. The molecule has 36 heavy (non-hydrogen) atoms. The highest BCUT2D eigenvalue weighted by Crippen LogP contribution is 2.28. The van der Waals surface area contributed by atoms with E-state index in [1.54, 1.807) is 0 Å². The molecule has 2 aromatic rings. The van der Waals surface area contributed by atoms with Gasteiger partial charge in [0.1, 0.15) is 0 Å². The third-order valence-electron chi connectivity index (χ3n) is 7.60. The SMILES string of the molecule is CCCCCc1ccc(CNCC2CCCC(CNCc3ccc(CCCCC)cc3)C2)cc1.Cl.Cl. The largest absolute Gasteiger partial charge is 0.312 e. The predicted octanol–water partition coefficient (Wildman–Crippen LogP) is 8.68. The Balaban J connectivity index is 0.00000324. The van der Waals surface area contributed by atoms with E-state index in [1.165, 1.54) is 99.3 Å². The van der Waals surface area contributed by atoms with Crippen LogP contribution in [0.25, 0.3) is 0 Å². The van der Waals surface area contributed by atoms with Crippen LogP contribution in [0.1, 0.15) is 100 Å². The molecule has 2 unspecified atom stereocenters. The fraction of sp³-hybridized carbons (Fsp3) is 0.625. The average Bonchev–Trinajstić information content (AvgIpc) is 2.87. The molecule has 1 saturated carbocycles. The van der Waals surface area contributed by atoms with Gasteiger partial charge in [0, 0.05) is 13.1 Å². The zero-order chi connectivity index (χ0) is 23.8. The molecular formula is C32H52Cl2N2. The van der Waals surface area contributed by atoms with Crippen LogP contribution in [-0.4, -0.2) is 13.1 Å². The highest BCUT2D eigenvalue weighted by atomic mass is 35.5. The van der Waals surface area contributed by atoms with Gasteiger partial charge >= 0.3 is 0 Å². The second-order valence-corrected chi connectivity index (χ2v) is 10.7. The molecule has 1 aliphatic rings. The fourth-order valence-electron chi connectivity index (χ4n) is 5.42. The molecule has 0 amide bonds. The molecule has 2 atom stereocenters. The van der Waals surface area contributed by atoms with Crippen molar-refractivity contribution in [1.29, 1.82) is 0 Å². The maximum atomic E-state index is 3.75. The average molecular weight is 536 g/mol. The number of rotatable bonds is 16. The Bertz CT molecular complexity index is 710. The van der Waals surface area contributed by atoms with E-state index in [2.05, 4.69) is 73.0 Å². The number of hydrogen-bond donors (Lipinski definition) is 2.